The fraction of sp³-hybridized carbons (Fsp3) is 0.143. The fourth-order valence-electron chi connectivity index (χ4n) is 1.67. The van der Waals surface area contributed by atoms with Crippen molar-refractivity contribution in [1.29, 1.82) is 0 Å². The average molecular weight is 225 g/mol. The molecule has 0 aliphatic heterocycles. The molecule has 2 aromatic rings. The molecule has 0 saturated carbocycles. The van der Waals surface area contributed by atoms with E-state index in [9.17, 15) is 0 Å². The van der Waals surface area contributed by atoms with Gasteiger partial charge in [0.1, 0.15) is 0 Å². The maximum absolute atomic E-state index is 4.34. The Bertz CT molecular complexity index is 477. The Morgan fingerprint density at radius 3 is 2.47 bits per heavy atom. The number of nitrogens with zero attached hydrogens (tertiary/aromatic N) is 2. The number of hydrazone groups is 1. The van der Waals surface area contributed by atoms with Crippen LogP contribution in [0, 0.1) is 0 Å². The highest BCUT2D eigenvalue weighted by molar-refractivity contribution is 6.01. The van der Waals surface area contributed by atoms with E-state index in [1.54, 1.807) is 12.4 Å². The highest BCUT2D eigenvalue weighted by Crippen LogP contribution is 2.07. The van der Waals surface area contributed by atoms with Gasteiger partial charge in [-0.2, -0.15) is 5.10 Å². The SMILES string of the molecule is CN/N=C(/Cc1ccncc1)c1ccccc1. The van der Waals surface area contributed by atoms with Crippen LogP contribution in [-0.4, -0.2) is 17.7 Å². The quantitative estimate of drug-likeness (QED) is 0.640. The van der Waals surface area contributed by atoms with E-state index in [0.717, 1.165) is 17.7 Å². The summed E-state index contributed by atoms with van der Waals surface area (Å²) in [4.78, 5) is 4.02. The zero-order valence-corrected chi connectivity index (χ0v) is 9.80. The van der Waals surface area contributed by atoms with E-state index in [1.807, 2.05) is 37.4 Å². The first kappa shape index (κ1) is 11.3. The Morgan fingerprint density at radius 2 is 1.82 bits per heavy atom. The smallest absolute Gasteiger partial charge is 0.0718 e. The van der Waals surface area contributed by atoms with Crippen LogP contribution in [0.1, 0.15) is 11.1 Å². The minimum atomic E-state index is 0.799. The van der Waals surface area contributed by atoms with Crippen LogP contribution >= 0.6 is 0 Å². The summed E-state index contributed by atoms with van der Waals surface area (Å²) in [5.41, 5.74) is 6.23. The van der Waals surface area contributed by atoms with Crippen molar-refractivity contribution in [3.8, 4) is 0 Å². The molecule has 1 aromatic carbocycles. The molecule has 0 amide bonds. The molecule has 0 saturated heterocycles. The lowest BCUT2D eigenvalue weighted by molar-refractivity contribution is 0.894. The van der Waals surface area contributed by atoms with Crippen LogP contribution in [0.3, 0.4) is 0 Å². The molecule has 17 heavy (non-hydrogen) atoms. The zero-order chi connectivity index (χ0) is 11.9. The highest BCUT2D eigenvalue weighted by Gasteiger charge is 2.04. The summed E-state index contributed by atoms with van der Waals surface area (Å²) in [5.74, 6) is 0. The Hall–Kier alpha value is -2.16. The van der Waals surface area contributed by atoms with Gasteiger partial charge in [-0.15, -0.1) is 0 Å². The number of hydrogen-bond donors (Lipinski definition) is 1. The van der Waals surface area contributed by atoms with Gasteiger partial charge in [0.15, 0.2) is 0 Å². The second kappa shape index (κ2) is 5.80. The van der Waals surface area contributed by atoms with Gasteiger partial charge in [-0.1, -0.05) is 30.3 Å². The molecular weight excluding hydrogens is 210 g/mol. The molecule has 0 bridgehead atoms. The molecule has 0 unspecified atom stereocenters. The predicted octanol–water partition coefficient (Wildman–Crippen LogP) is 2.25. The number of pyridine rings is 1. The largest absolute Gasteiger partial charge is 0.313 e. The summed E-state index contributed by atoms with van der Waals surface area (Å²) in [6, 6.07) is 14.2. The third-order valence-electron chi connectivity index (χ3n) is 2.47. The molecule has 3 nitrogen and oxygen atoms in total. The average Bonchev–Trinajstić information content (AvgIpc) is 2.40. The van der Waals surface area contributed by atoms with Gasteiger partial charge in [-0.05, 0) is 23.3 Å². The van der Waals surface area contributed by atoms with Crippen molar-refractivity contribution >= 4 is 5.71 Å². The number of nitrogens with one attached hydrogen (secondary N) is 1. The van der Waals surface area contributed by atoms with Gasteiger partial charge in [0, 0.05) is 25.9 Å². The van der Waals surface area contributed by atoms with Crippen molar-refractivity contribution < 1.29 is 0 Å². The second-order valence-corrected chi connectivity index (χ2v) is 3.68. The molecule has 1 N–H and O–H groups in total. The van der Waals surface area contributed by atoms with E-state index in [-0.39, 0.29) is 0 Å². The van der Waals surface area contributed by atoms with Crippen molar-refractivity contribution in [3.63, 3.8) is 0 Å². The van der Waals surface area contributed by atoms with Crippen LogP contribution in [0.15, 0.2) is 60.0 Å². The van der Waals surface area contributed by atoms with Gasteiger partial charge in [0.2, 0.25) is 0 Å². The fourth-order valence-corrected chi connectivity index (χ4v) is 1.67. The lowest BCUT2D eigenvalue weighted by atomic mass is 10.0. The molecule has 3 heteroatoms. The molecular formula is C14H15N3. The van der Waals surface area contributed by atoms with Crippen LogP contribution in [0.25, 0.3) is 0 Å². The van der Waals surface area contributed by atoms with Gasteiger partial charge in [0.25, 0.3) is 0 Å². The van der Waals surface area contributed by atoms with Crippen LogP contribution in [0.4, 0.5) is 0 Å². The summed E-state index contributed by atoms with van der Waals surface area (Å²) in [7, 11) is 1.81. The topological polar surface area (TPSA) is 37.3 Å². The van der Waals surface area contributed by atoms with E-state index in [4.69, 9.17) is 0 Å². The first-order chi connectivity index (χ1) is 8.40. The summed E-state index contributed by atoms with van der Waals surface area (Å²) < 4.78 is 0. The number of aromatic nitrogens is 1. The summed E-state index contributed by atoms with van der Waals surface area (Å²) in [6.45, 7) is 0. The molecule has 1 aromatic heterocycles. The van der Waals surface area contributed by atoms with E-state index in [1.165, 1.54) is 5.56 Å². The summed E-state index contributed by atoms with van der Waals surface area (Å²) >= 11 is 0. The van der Waals surface area contributed by atoms with Gasteiger partial charge in [-0.25, -0.2) is 0 Å². The third-order valence-corrected chi connectivity index (χ3v) is 2.47. The van der Waals surface area contributed by atoms with Crippen molar-refractivity contribution in [2.45, 2.75) is 6.42 Å². The number of benzene rings is 1. The molecule has 0 atom stereocenters. The third kappa shape index (κ3) is 3.14. The van der Waals surface area contributed by atoms with Crippen molar-refractivity contribution in [3.05, 3.63) is 66.0 Å². The van der Waals surface area contributed by atoms with Crippen molar-refractivity contribution in [2.75, 3.05) is 7.05 Å². The van der Waals surface area contributed by atoms with Crippen LogP contribution in [0.5, 0.6) is 0 Å². The van der Waals surface area contributed by atoms with Gasteiger partial charge < -0.3 is 5.43 Å². The molecule has 2 rings (SSSR count). The van der Waals surface area contributed by atoms with Crippen LogP contribution in [0.2, 0.25) is 0 Å². The predicted molar refractivity (Wildman–Crippen MR) is 70.0 cm³/mol. The molecule has 0 radical (unpaired) electrons. The molecule has 86 valence electrons. The lowest BCUT2D eigenvalue weighted by Gasteiger charge is -2.06. The van der Waals surface area contributed by atoms with Gasteiger partial charge >= 0.3 is 0 Å². The molecule has 1 heterocycles. The zero-order valence-electron chi connectivity index (χ0n) is 9.80. The van der Waals surface area contributed by atoms with E-state index in [0.29, 0.717) is 0 Å². The van der Waals surface area contributed by atoms with Crippen LogP contribution in [-0.2, 0) is 6.42 Å². The van der Waals surface area contributed by atoms with Crippen LogP contribution < -0.4 is 5.43 Å². The van der Waals surface area contributed by atoms with Gasteiger partial charge in [0.05, 0.1) is 5.71 Å². The standard InChI is InChI=1S/C14H15N3/c1-15-17-14(13-5-3-2-4-6-13)11-12-7-9-16-10-8-12/h2-10,15H,11H2,1H3/b17-14-. The molecule has 0 spiro atoms. The maximum Gasteiger partial charge on any atom is 0.0718 e. The van der Waals surface area contributed by atoms with E-state index < -0.39 is 0 Å². The van der Waals surface area contributed by atoms with Gasteiger partial charge in [-0.3, -0.25) is 4.98 Å². The molecule has 0 fully saturated rings. The maximum atomic E-state index is 4.34. The Kier molecular flexibility index (Phi) is 3.86. The van der Waals surface area contributed by atoms with Crippen molar-refractivity contribution in [2.24, 2.45) is 5.10 Å². The van der Waals surface area contributed by atoms with E-state index >= 15 is 0 Å². The lowest BCUT2D eigenvalue weighted by Crippen LogP contribution is -2.10. The molecule has 0 aliphatic rings. The normalized spacial score (nSPS) is 11.2. The minimum absolute atomic E-state index is 0.799. The Labute approximate surface area is 101 Å². The summed E-state index contributed by atoms with van der Waals surface area (Å²) in [5, 5.41) is 4.34. The van der Waals surface area contributed by atoms with E-state index in [2.05, 4.69) is 27.6 Å². The Balaban J connectivity index is 2.23. The first-order valence-electron chi connectivity index (χ1n) is 5.58. The summed E-state index contributed by atoms with van der Waals surface area (Å²) in [6.07, 6.45) is 4.40. The second-order valence-electron chi connectivity index (χ2n) is 3.68. The minimum Gasteiger partial charge on any atom is -0.313 e. The number of hydrogen-bond acceptors (Lipinski definition) is 3. The highest BCUT2D eigenvalue weighted by atomic mass is 15.3. The Morgan fingerprint density at radius 1 is 1.12 bits per heavy atom. The first-order valence-corrected chi connectivity index (χ1v) is 5.58. The monoisotopic (exact) mass is 225 g/mol. The van der Waals surface area contributed by atoms with Crippen molar-refractivity contribution in [1.82, 2.24) is 10.4 Å². The number of rotatable bonds is 4. The molecule has 0 aliphatic carbocycles.